The highest BCUT2D eigenvalue weighted by molar-refractivity contribution is 6.00. The summed E-state index contributed by atoms with van der Waals surface area (Å²) >= 11 is 0. The third-order valence-corrected chi connectivity index (χ3v) is 3.21. The minimum atomic E-state index is -4.34. The molecular formula is C14H14F3N3O2. The molecule has 1 aliphatic rings. The van der Waals surface area contributed by atoms with Crippen LogP contribution in [-0.4, -0.2) is 36.0 Å². The molecule has 0 unspecified atom stereocenters. The Balaban J connectivity index is 2.10. The third kappa shape index (κ3) is 3.57. The maximum atomic E-state index is 12.2. The molecule has 0 aliphatic carbocycles. The average Bonchev–Trinajstić information content (AvgIpc) is 2.72. The SMILES string of the molecule is C=C(CN1Cc2ccc(NCC(F)(F)F)cc2C1=O)C(N)=O. The number of halogens is 3. The van der Waals surface area contributed by atoms with Crippen molar-refractivity contribution in [3.8, 4) is 0 Å². The molecule has 0 radical (unpaired) electrons. The van der Waals surface area contributed by atoms with Crippen LogP contribution in [0.2, 0.25) is 0 Å². The molecule has 1 aliphatic heterocycles. The van der Waals surface area contributed by atoms with Gasteiger partial charge in [-0.05, 0) is 17.7 Å². The Morgan fingerprint density at radius 3 is 2.68 bits per heavy atom. The van der Waals surface area contributed by atoms with Crippen molar-refractivity contribution < 1.29 is 22.8 Å². The van der Waals surface area contributed by atoms with Crippen molar-refractivity contribution in [1.29, 1.82) is 0 Å². The molecule has 0 aromatic heterocycles. The van der Waals surface area contributed by atoms with E-state index in [0.29, 0.717) is 11.1 Å². The predicted molar refractivity (Wildman–Crippen MR) is 74.1 cm³/mol. The molecule has 0 saturated heterocycles. The average molecular weight is 313 g/mol. The van der Waals surface area contributed by atoms with Crippen molar-refractivity contribution >= 4 is 17.5 Å². The minimum Gasteiger partial charge on any atom is -0.376 e. The maximum absolute atomic E-state index is 12.2. The van der Waals surface area contributed by atoms with Crippen LogP contribution in [0.15, 0.2) is 30.4 Å². The lowest BCUT2D eigenvalue weighted by Gasteiger charge is -2.15. The number of nitrogens with one attached hydrogen (secondary N) is 1. The van der Waals surface area contributed by atoms with Crippen molar-refractivity contribution in [3.05, 3.63) is 41.5 Å². The predicted octanol–water partition coefficient (Wildman–Crippen LogP) is 1.66. The fourth-order valence-electron chi connectivity index (χ4n) is 2.11. The zero-order valence-electron chi connectivity index (χ0n) is 11.5. The lowest BCUT2D eigenvalue weighted by atomic mass is 10.1. The normalized spacial score (nSPS) is 14.0. The number of hydrogen-bond donors (Lipinski definition) is 2. The molecule has 5 nitrogen and oxygen atoms in total. The van der Waals surface area contributed by atoms with Crippen molar-refractivity contribution in [2.24, 2.45) is 5.73 Å². The van der Waals surface area contributed by atoms with Crippen LogP contribution < -0.4 is 11.1 Å². The molecule has 0 fully saturated rings. The quantitative estimate of drug-likeness (QED) is 0.812. The highest BCUT2D eigenvalue weighted by atomic mass is 19.4. The Morgan fingerprint density at radius 2 is 2.09 bits per heavy atom. The highest BCUT2D eigenvalue weighted by Gasteiger charge is 2.30. The summed E-state index contributed by atoms with van der Waals surface area (Å²) in [5.41, 5.74) is 6.37. The van der Waals surface area contributed by atoms with Crippen molar-refractivity contribution in [2.45, 2.75) is 12.7 Å². The summed E-state index contributed by atoms with van der Waals surface area (Å²) in [6.07, 6.45) is -4.34. The van der Waals surface area contributed by atoms with E-state index >= 15 is 0 Å². The zero-order chi connectivity index (χ0) is 16.5. The van der Waals surface area contributed by atoms with E-state index < -0.39 is 18.6 Å². The molecule has 1 aromatic carbocycles. The van der Waals surface area contributed by atoms with E-state index in [1.165, 1.54) is 17.0 Å². The van der Waals surface area contributed by atoms with Gasteiger partial charge in [0.05, 0.1) is 6.54 Å². The molecule has 1 heterocycles. The van der Waals surface area contributed by atoms with E-state index in [2.05, 4.69) is 11.9 Å². The smallest absolute Gasteiger partial charge is 0.376 e. The molecule has 0 saturated carbocycles. The number of hydrogen-bond acceptors (Lipinski definition) is 3. The summed E-state index contributed by atoms with van der Waals surface area (Å²) in [5.74, 6) is -1.07. The first-order chi connectivity index (χ1) is 10.2. The highest BCUT2D eigenvalue weighted by Crippen LogP contribution is 2.27. The Morgan fingerprint density at radius 1 is 1.41 bits per heavy atom. The summed E-state index contributed by atoms with van der Waals surface area (Å²) in [6, 6.07) is 4.43. The van der Waals surface area contributed by atoms with Gasteiger partial charge >= 0.3 is 6.18 Å². The minimum absolute atomic E-state index is 0.00579. The number of amides is 2. The fourth-order valence-corrected chi connectivity index (χ4v) is 2.11. The molecule has 2 amide bonds. The first-order valence-electron chi connectivity index (χ1n) is 6.38. The Labute approximate surface area is 124 Å². The molecule has 1 aromatic rings. The van der Waals surface area contributed by atoms with Gasteiger partial charge in [0.15, 0.2) is 0 Å². The lowest BCUT2D eigenvalue weighted by Crippen LogP contribution is -2.30. The van der Waals surface area contributed by atoms with Crippen LogP contribution in [0, 0.1) is 0 Å². The second-order valence-corrected chi connectivity index (χ2v) is 4.97. The fraction of sp³-hybridized carbons (Fsp3) is 0.286. The van der Waals surface area contributed by atoms with E-state index in [1.54, 1.807) is 6.07 Å². The maximum Gasteiger partial charge on any atom is 0.405 e. The van der Waals surface area contributed by atoms with Gasteiger partial charge in [0.1, 0.15) is 6.54 Å². The molecule has 0 spiro atoms. The van der Waals surface area contributed by atoms with Gasteiger partial charge in [-0.3, -0.25) is 9.59 Å². The molecule has 0 bridgehead atoms. The standard InChI is InChI=1S/C14H14F3N3O2/c1-8(12(18)21)5-20-6-9-2-3-10(4-11(9)13(20)22)19-7-14(15,16)17/h2-4,19H,1,5-7H2,(H2,18,21). The van der Waals surface area contributed by atoms with E-state index in [4.69, 9.17) is 5.73 Å². The second-order valence-electron chi connectivity index (χ2n) is 4.97. The lowest BCUT2D eigenvalue weighted by molar-refractivity contribution is -0.115. The first-order valence-corrected chi connectivity index (χ1v) is 6.38. The van der Waals surface area contributed by atoms with E-state index in [1.807, 2.05) is 0 Å². The monoisotopic (exact) mass is 313 g/mol. The number of anilines is 1. The molecule has 0 atom stereocenters. The molecule has 22 heavy (non-hydrogen) atoms. The number of benzene rings is 1. The molecule has 118 valence electrons. The Bertz CT molecular complexity index is 641. The summed E-state index contributed by atoms with van der Waals surface area (Å²) in [6.45, 7) is 2.56. The van der Waals surface area contributed by atoms with Gasteiger partial charge < -0.3 is 16.0 Å². The number of carbonyl (C=O) groups excluding carboxylic acids is 2. The summed E-state index contributed by atoms with van der Waals surface area (Å²) < 4.78 is 36.5. The number of nitrogens with two attached hydrogens (primary N) is 1. The van der Waals surface area contributed by atoms with Crippen LogP contribution in [0.3, 0.4) is 0 Å². The summed E-state index contributed by atoms with van der Waals surface area (Å²) in [4.78, 5) is 24.5. The zero-order valence-corrected chi connectivity index (χ0v) is 11.5. The number of rotatable bonds is 5. The summed E-state index contributed by atoms with van der Waals surface area (Å²) in [5, 5.41) is 2.22. The summed E-state index contributed by atoms with van der Waals surface area (Å²) in [7, 11) is 0. The molecular weight excluding hydrogens is 299 g/mol. The van der Waals surface area contributed by atoms with Crippen LogP contribution in [0.4, 0.5) is 18.9 Å². The van der Waals surface area contributed by atoms with E-state index in [0.717, 1.165) is 0 Å². The van der Waals surface area contributed by atoms with Gasteiger partial charge in [0.2, 0.25) is 5.91 Å². The number of primary amides is 1. The van der Waals surface area contributed by atoms with Crippen molar-refractivity contribution in [3.63, 3.8) is 0 Å². The molecule has 2 rings (SSSR count). The number of alkyl halides is 3. The number of carbonyl (C=O) groups is 2. The van der Waals surface area contributed by atoms with Gasteiger partial charge in [0, 0.05) is 23.4 Å². The van der Waals surface area contributed by atoms with Crippen molar-refractivity contribution in [1.82, 2.24) is 4.90 Å². The first kappa shape index (κ1) is 15.9. The Kier molecular flexibility index (Phi) is 4.11. The van der Waals surface area contributed by atoms with Gasteiger partial charge in [-0.25, -0.2) is 0 Å². The van der Waals surface area contributed by atoms with Crippen molar-refractivity contribution in [2.75, 3.05) is 18.4 Å². The van der Waals surface area contributed by atoms with E-state index in [9.17, 15) is 22.8 Å². The Hall–Kier alpha value is -2.51. The van der Waals surface area contributed by atoms with Crippen LogP contribution >= 0.6 is 0 Å². The molecule has 3 N–H and O–H groups in total. The topological polar surface area (TPSA) is 75.4 Å². The largest absolute Gasteiger partial charge is 0.405 e. The van der Waals surface area contributed by atoms with Crippen LogP contribution in [0.1, 0.15) is 15.9 Å². The van der Waals surface area contributed by atoms with Gasteiger partial charge in [-0.2, -0.15) is 13.2 Å². The van der Waals surface area contributed by atoms with Gasteiger partial charge in [-0.1, -0.05) is 12.6 Å². The molecule has 8 heteroatoms. The van der Waals surface area contributed by atoms with E-state index in [-0.39, 0.29) is 30.3 Å². The van der Waals surface area contributed by atoms with Crippen LogP contribution in [-0.2, 0) is 11.3 Å². The third-order valence-electron chi connectivity index (χ3n) is 3.21. The van der Waals surface area contributed by atoms with Crippen LogP contribution in [0.25, 0.3) is 0 Å². The number of fused-ring (bicyclic) bond motifs is 1. The number of nitrogens with zero attached hydrogens (tertiary/aromatic N) is 1. The van der Waals surface area contributed by atoms with Gasteiger partial charge in [-0.15, -0.1) is 0 Å². The van der Waals surface area contributed by atoms with Crippen LogP contribution in [0.5, 0.6) is 0 Å². The van der Waals surface area contributed by atoms with Gasteiger partial charge in [0.25, 0.3) is 5.91 Å². The second kappa shape index (κ2) is 5.70.